The first kappa shape index (κ1) is 17.8. The molecule has 2 N–H and O–H groups in total. The lowest BCUT2D eigenvalue weighted by molar-refractivity contribution is -0.144. The third-order valence-corrected chi connectivity index (χ3v) is 3.28. The lowest BCUT2D eigenvalue weighted by atomic mass is 10.2. The lowest BCUT2D eigenvalue weighted by Gasteiger charge is -2.12. The number of ether oxygens (including phenoxy) is 2. The molecule has 0 radical (unpaired) electrons. The molecule has 1 rings (SSSR count). The molecule has 0 aromatic carbocycles. The Bertz CT molecular complexity index is 330. The fourth-order valence-corrected chi connectivity index (χ4v) is 1.76. The average molecular weight is 299 g/mol. The topological polar surface area (TPSA) is 72.0 Å². The summed E-state index contributed by atoms with van der Waals surface area (Å²) in [5, 5.41) is 6.40. The van der Waals surface area contributed by atoms with E-state index >= 15 is 0 Å². The maximum atomic E-state index is 11.3. The zero-order valence-electron chi connectivity index (χ0n) is 13.5. The number of carbonyl (C=O) groups is 1. The third-order valence-electron chi connectivity index (χ3n) is 3.28. The van der Waals surface area contributed by atoms with E-state index in [9.17, 15) is 4.79 Å². The standard InChI is InChI=1S/C15H29N3O3/c1-4-16-15(18-10-12(2)14(19)20-3)17-8-5-9-21-11-13-6-7-13/h12-13H,4-11H2,1-3H3,(H2,16,17,18). The van der Waals surface area contributed by atoms with Crippen molar-refractivity contribution in [2.45, 2.75) is 33.1 Å². The van der Waals surface area contributed by atoms with Crippen molar-refractivity contribution in [3.8, 4) is 0 Å². The van der Waals surface area contributed by atoms with Gasteiger partial charge in [-0.1, -0.05) is 6.92 Å². The normalized spacial score (nSPS) is 16.4. The Morgan fingerprint density at radius 2 is 2.14 bits per heavy atom. The first-order chi connectivity index (χ1) is 10.2. The van der Waals surface area contributed by atoms with Crippen molar-refractivity contribution in [3.63, 3.8) is 0 Å². The largest absolute Gasteiger partial charge is 0.469 e. The van der Waals surface area contributed by atoms with Crippen molar-refractivity contribution in [2.75, 3.05) is 40.0 Å². The number of methoxy groups -OCH3 is 1. The quantitative estimate of drug-likeness (QED) is 0.274. The first-order valence-corrected chi connectivity index (χ1v) is 7.85. The van der Waals surface area contributed by atoms with Gasteiger partial charge in [-0.05, 0) is 32.1 Å². The molecular weight excluding hydrogens is 270 g/mol. The van der Waals surface area contributed by atoms with Gasteiger partial charge in [-0.2, -0.15) is 0 Å². The van der Waals surface area contributed by atoms with Gasteiger partial charge in [-0.3, -0.25) is 9.79 Å². The summed E-state index contributed by atoms with van der Waals surface area (Å²) >= 11 is 0. The van der Waals surface area contributed by atoms with Gasteiger partial charge >= 0.3 is 5.97 Å². The van der Waals surface area contributed by atoms with Crippen molar-refractivity contribution in [2.24, 2.45) is 16.8 Å². The van der Waals surface area contributed by atoms with Crippen LogP contribution >= 0.6 is 0 Å². The number of guanidine groups is 1. The van der Waals surface area contributed by atoms with Crippen LogP contribution in [0.1, 0.15) is 33.1 Å². The lowest BCUT2D eigenvalue weighted by Crippen LogP contribution is -2.38. The molecule has 1 atom stereocenters. The molecule has 0 spiro atoms. The number of nitrogens with one attached hydrogen (secondary N) is 2. The van der Waals surface area contributed by atoms with E-state index in [2.05, 4.69) is 20.4 Å². The molecule has 0 bridgehead atoms. The Morgan fingerprint density at radius 3 is 2.76 bits per heavy atom. The van der Waals surface area contributed by atoms with Crippen molar-refractivity contribution in [1.29, 1.82) is 0 Å². The Kier molecular flexibility index (Phi) is 8.82. The summed E-state index contributed by atoms with van der Waals surface area (Å²) in [7, 11) is 1.40. The molecule has 6 heteroatoms. The number of nitrogens with zero attached hydrogens (tertiary/aromatic N) is 1. The second-order valence-electron chi connectivity index (χ2n) is 5.44. The second-order valence-corrected chi connectivity index (χ2v) is 5.44. The van der Waals surface area contributed by atoms with Gasteiger partial charge in [0.1, 0.15) is 0 Å². The number of carbonyl (C=O) groups excluding carboxylic acids is 1. The summed E-state index contributed by atoms with van der Waals surface area (Å²) in [6, 6.07) is 0. The first-order valence-electron chi connectivity index (χ1n) is 7.85. The molecule has 0 amide bonds. The van der Waals surface area contributed by atoms with Crippen LogP contribution in [-0.2, 0) is 14.3 Å². The fraction of sp³-hybridized carbons (Fsp3) is 0.867. The van der Waals surface area contributed by atoms with Crippen LogP contribution in [0.4, 0.5) is 0 Å². The molecule has 0 aliphatic heterocycles. The van der Waals surface area contributed by atoms with Gasteiger partial charge in [0.05, 0.1) is 19.6 Å². The van der Waals surface area contributed by atoms with Crippen molar-refractivity contribution >= 4 is 11.9 Å². The maximum absolute atomic E-state index is 11.3. The minimum atomic E-state index is -0.233. The molecule has 1 saturated carbocycles. The average Bonchev–Trinajstić information content (AvgIpc) is 3.31. The summed E-state index contributed by atoms with van der Waals surface area (Å²) in [5.74, 6) is 1.09. The van der Waals surface area contributed by atoms with Crippen LogP contribution in [0.2, 0.25) is 0 Å². The number of hydrogen-bond donors (Lipinski definition) is 2. The van der Waals surface area contributed by atoms with Crippen LogP contribution in [0.5, 0.6) is 0 Å². The second kappa shape index (κ2) is 10.4. The van der Waals surface area contributed by atoms with Crippen LogP contribution in [0.3, 0.4) is 0 Å². The Hall–Kier alpha value is -1.30. The van der Waals surface area contributed by atoms with Crippen molar-refractivity contribution in [1.82, 2.24) is 10.6 Å². The Balaban J connectivity index is 2.15. The van der Waals surface area contributed by atoms with E-state index in [0.29, 0.717) is 6.54 Å². The van der Waals surface area contributed by atoms with Crippen LogP contribution in [0.15, 0.2) is 4.99 Å². The minimum Gasteiger partial charge on any atom is -0.469 e. The highest BCUT2D eigenvalue weighted by Crippen LogP contribution is 2.28. The van der Waals surface area contributed by atoms with Gasteiger partial charge in [0.2, 0.25) is 0 Å². The molecule has 122 valence electrons. The maximum Gasteiger partial charge on any atom is 0.310 e. The van der Waals surface area contributed by atoms with Crippen LogP contribution in [0.25, 0.3) is 0 Å². The summed E-state index contributed by atoms with van der Waals surface area (Å²) in [6.45, 7) is 7.52. The zero-order valence-corrected chi connectivity index (χ0v) is 13.5. The number of esters is 1. The summed E-state index contributed by atoms with van der Waals surface area (Å²) in [6.07, 6.45) is 3.60. The molecule has 0 saturated heterocycles. The predicted molar refractivity (Wildman–Crippen MR) is 83.3 cm³/mol. The number of hydrogen-bond acceptors (Lipinski definition) is 4. The molecule has 0 aromatic heterocycles. The number of rotatable bonds is 10. The molecule has 0 aromatic rings. The number of aliphatic imine (C=N–C) groups is 1. The predicted octanol–water partition coefficient (Wildman–Crippen LogP) is 1.17. The van der Waals surface area contributed by atoms with Crippen LogP contribution < -0.4 is 10.6 Å². The van der Waals surface area contributed by atoms with Gasteiger partial charge in [-0.25, -0.2) is 0 Å². The van der Waals surface area contributed by atoms with E-state index < -0.39 is 0 Å². The smallest absolute Gasteiger partial charge is 0.310 e. The summed E-state index contributed by atoms with van der Waals surface area (Å²) in [5.41, 5.74) is 0. The zero-order chi connectivity index (χ0) is 15.5. The third kappa shape index (κ3) is 8.55. The van der Waals surface area contributed by atoms with E-state index in [0.717, 1.165) is 44.6 Å². The molecule has 1 fully saturated rings. The monoisotopic (exact) mass is 299 g/mol. The fourth-order valence-electron chi connectivity index (χ4n) is 1.76. The minimum absolute atomic E-state index is 0.229. The molecule has 0 heterocycles. The van der Waals surface area contributed by atoms with E-state index in [1.54, 1.807) is 0 Å². The van der Waals surface area contributed by atoms with Gasteiger partial charge in [0.15, 0.2) is 5.96 Å². The summed E-state index contributed by atoms with van der Waals surface area (Å²) in [4.78, 5) is 15.7. The van der Waals surface area contributed by atoms with Crippen molar-refractivity contribution in [3.05, 3.63) is 0 Å². The summed E-state index contributed by atoms with van der Waals surface area (Å²) < 4.78 is 10.3. The van der Waals surface area contributed by atoms with E-state index in [4.69, 9.17) is 4.74 Å². The Labute approximate surface area is 127 Å². The van der Waals surface area contributed by atoms with E-state index in [-0.39, 0.29) is 11.9 Å². The highest BCUT2D eigenvalue weighted by Gasteiger charge is 2.20. The van der Waals surface area contributed by atoms with E-state index in [1.165, 1.54) is 20.0 Å². The van der Waals surface area contributed by atoms with Gasteiger partial charge < -0.3 is 20.1 Å². The SMILES string of the molecule is CCNC(=NCC(C)C(=O)OC)NCCCOCC1CC1. The van der Waals surface area contributed by atoms with Crippen LogP contribution in [0, 0.1) is 11.8 Å². The van der Waals surface area contributed by atoms with Gasteiger partial charge in [0.25, 0.3) is 0 Å². The van der Waals surface area contributed by atoms with Crippen LogP contribution in [-0.4, -0.2) is 51.9 Å². The molecule has 6 nitrogen and oxygen atoms in total. The van der Waals surface area contributed by atoms with Crippen molar-refractivity contribution < 1.29 is 14.3 Å². The highest BCUT2D eigenvalue weighted by atomic mass is 16.5. The molecule has 1 aliphatic carbocycles. The van der Waals surface area contributed by atoms with Gasteiger partial charge in [-0.15, -0.1) is 0 Å². The van der Waals surface area contributed by atoms with Gasteiger partial charge in [0, 0.05) is 26.3 Å². The molecular formula is C15H29N3O3. The van der Waals surface area contributed by atoms with E-state index in [1.807, 2.05) is 13.8 Å². The molecule has 21 heavy (non-hydrogen) atoms. The molecule has 1 unspecified atom stereocenters. The Morgan fingerprint density at radius 1 is 1.38 bits per heavy atom. The highest BCUT2D eigenvalue weighted by molar-refractivity contribution is 5.80. The molecule has 1 aliphatic rings.